The predicted molar refractivity (Wildman–Crippen MR) is 83.6 cm³/mol. The number of amides is 2. The molecule has 0 fully saturated rings. The molecule has 3 nitrogen and oxygen atoms in total. The van der Waals surface area contributed by atoms with Crippen LogP contribution in [-0.2, 0) is 5.67 Å². The highest BCUT2D eigenvalue weighted by molar-refractivity contribution is 6.34. The number of carbonyl (C=O) groups is 2. The summed E-state index contributed by atoms with van der Waals surface area (Å²) in [4.78, 5) is 25.2. The zero-order valence-corrected chi connectivity index (χ0v) is 14.3. The van der Waals surface area contributed by atoms with Crippen molar-refractivity contribution in [2.75, 3.05) is 4.90 Å². The van der Waals surface area contributed by atoms with Crippen molar-refractivity contribution in [3.05, 3.63) is 64.5 Å². The highest BCUT2D eigenvalue weighted by Crippen LogP contribution is 2.53. The van der Waals surface area contributed by atoms with E-state index in [1.807, 2.05) is 0 Å². The molecule has 0 saturated heterocycles. The van der Waals surface area contributed by atoms with Crippen molar-refractivity contribution in [1.82, 2.24) is 0 Å². The van der Waals surface area contributed by atoms with Gasteiger partial charge in [-0.15, -0.1) is 0 Å². The molecular weight excluding hydrogens is 414 g/mol. The molecule has 3 rings (SSSR count). The van der Waals surface area contributed by atoms with E-state index in [1.165, 1.54) is 0 Å². The third-order valence-electron chi connectivity index (χ3n) is 4.48. The second-order valence-electron chi connectivity index (χ2n) is 6.26. The standard InChI is InChI=1S/C18H9F8NO2/c1-8-7-9(16(20,17(21,22)23)18(24,25)26)5-6-12(8)27-14(28)10-3-2-4-11(19)13(10)15(27)29/h2-7H,1H3. The number of alkyl halides is 7. The van der Waals surface area contributed by atoms with Gasteiger partial charge in [0.1, 0.15) is 5.82 Å². The number of halogens is 8. The molecule has 0 N–H and O–H groups in total. The van der Waals surface area contributed by atoms with Crippen LogP contribution >= 0.6 is 0 Å². The first kappa shape index (κ1) is 20.7. The normalized spacial score (nSPS) is 15.1. The zero-order valence-electron chi connectivity index (χ0n) is 14.3. The Morgan fingerprint density at radius 1 is 0.828 bits per heavy atom. The number of carbonyl (C=O) groups excluding carboxylic acids is 2. The van der Waals surface area contributed by atoms with Gasteiger partial charge in [0, 0.05) is 5.56 Å². The van der Waals surface area contributed by atoms with Gasteiger partial charge in [-0.05, 0) is 30.7 Å². The third kappa shape index (κ3) is 2.87. The van der Waals surface area contributed by atoms with Crippen LogP contribution in [0.5, 0.6) is 0 Å². The Labute approximate surface area is 157 Å². The molecule has 0 aliphatic carbocycles. The van der Waals surface area contributed by atoms with E-state index in [2.05, 4.69) is 0 Å². The molecule has 11 heteroatoms. The number of rotatable bonds is 2. The number of aryl methyl sites for hydroxylation is 1. The van der Waals surface area contributed by atoms with Crippen molar-refractivity contribution in [3.63, 3.8) is 0 Å². The minimum absolute atomic E-state index is 0.184. The van der Waals surface area contributed by atoms with Crippen molar-refractivity contribution in [2.45, 2.75) is 24.9 Å². The largest absolute Gasteiger partial charge is 0.435 e. The highest BCUT2D eigenvalue weighted by atomic mass is 19.4. The van der Waals surface area contributed by atoms with Crippen molar-refractivity contribution < 1.29 is 44.7 Å². The molecule has 2 aromatic carbocycles. The fraction of sp³-hybridized carbons (Fsp3) is 0.222. The average molecular weight is 423 g/mol. The summed E-state index contributed by atoms with van der Waals surface area (Å²) in [5, 5.41) is 0. The Balaban J connectivity index is 2.12. The van der Waals surface area contributed by atoms with Crippen molar-refractivity contribution in [3.8, 4) is 0 Å². The van der Waals surface area contributed by atoms with E-state index in [9.17, 15) is 44.7 Å². The van der Waals surface area contributed by atoms with Crippen molar-refractivity contribution in [1.29, 1.82) is 0 Å². The van der Waals surface area contributed by atoms with Gasteiger partial charge in [0.25, 0.3) is 11.8 Å². The van der Waals surface area contributed by atoms with E-state index in [0.717, 1.165) is 25.1 Å². The summed E-state index contributed by atoms with van der Waals surface area (Å²) in [6, 6.07) is 4.22. The minimum Gasteiger partial charge on any atom is -0.268 e. The van der Waals surface area contributed by atoms with Crippen LogP contribution in [0.4, 0.5) is 40.8 Å². The molecule has 29 heavy (non-hydrogen) atoms. The van der Waals surface area contributed by atoms with E-state index in [1.54, 1.807) is 0 Å². The second-order valence-corrected chi connectivity index (χ2v) is 6.26. The van der Waals surface area contributed by atoms with E-state index in [0.29, 0.717) is 11.0 Å². The van der Waals surface area contributed by atoms with Gasteiger partial charge < -0.3 is 0 Å². The van der Waals surface area contributed by atoms with E-state index in [-0.39, 0.29) is 17.7 Å². The molecule has 0 bridgehead atoms. The summed E-state index contributed by atoms with van der Waals surface area (Å²) in [5.74, 6) is -3.18. The zero-order chi connectivity index (χ0) is 21.9. The van der Waals surface area contributed by atoms with Crippen LogP contribution in [0.25, 0.3) is 0 Å². The number of hydrogen-bond acceptors (Lipinski definition) is 2. The second kappa shape index (κ2) is 6.26. The summed E-state index contributed by atoms with van der Waals surface area (Å²) >= 11 is 0. The summed E-state index contributed by atoms with van der Waals surface area (Å²) in [7, 11) is 0. The maximum absolute atomic E-state index is 14.2. The summed E-state index contributed by atoms with van der Waals surface area (Å²) in [6.45, 7) is 0.992. The number of imide groups is 1. The molecule has 154 valence electrons. The van der Waals surface area contributed by atoms with Gasteiger partial charge in [-0.1, -0.05) is 18.2 Å². The Hall–Kier alpha value is -2.98. The maximum atomic E-state index is 14.2. The Kier molecular flexibility index (Phi) is 4.48. The molecule has 1 aliphatic heterocycles. The first-order valence-electron chi connectivity index (χ1n) is 7.82. The van der Waals surface area contributed by atoms with E-state index < -0.39 is 58.0 Å². The van der Waals surface area contributed by atoms with Crippen LogP contribution in [0.15, 0.2) is 36.4 Å². The van der Waals surface area contributed by atoms with E-state index in [4.69, 9.17) is 0 Å². The van der Waals surface area contributed by atoms with Gasteiger partial charge in [0.05, 0.1) is 16.8 Å². The molecule has 0 radical (unpaired) electrons. The molecule has 1 aliphatic rings. The quantitative estimate of drug-likeness (QED) is 0.491. The van der Waals surface area contributed by atoms with Gasteiger partial charge in [-0.2, -0.15) is 26.3 Å². The monoisotopic (exact) mass is 423 g/mol. The minimum atomic E-state index is -6.31. The molecule has 0 atom stereocenters. The predicted octanol–water partition coefficient (Wildman–Crippen LogP) is 5.22. The third-order valence-corrected chi connectivity index (χ3v) is 4.48. The topological polar surface area (TPSA) is 37.4 Å². The fourth-order valence-electron chi connectivity index (χ4n) is 3.07. The van der Waals surface area contributed by atoms with Gasteiger partial charge >= 0.3 is 18.0 Å². The maximum Gasteiger partial charge on any atom is 0.435 e. The first-order chi connectivity index (χ1) is 13.2. The molecule has 0 unspecified atom stereocenters. The number of benzene rings is 2. The van der Waals surface area contributed by atoms with Crippen LogP contribution in [0.3, 0.4) is 0 Å². The number of anilines is 1. The molecule has 0 spiro atoms. The highest BCUT2D eigenvalue weighted by Gasteiger charge is 2.73. The molecular formula is C18H9F8NO2. The summed E-state index contributed by atoms with van der Waals surface area (Å²) in [5.41, 5.74) is -9.13. The number of hydrogen-bond donors (Lipinski definition) is 0. The smallest absolute Gasteiger partial charge is 0.268 e. The van der Waals surface area contributed by atoms with Crippen LogP contribution in [0, 0.1) is 12.7 Å². The molecule has 0 aromatic heterocycles. The summed E-state index contributed by atoms with van der Waals surface area (Å²) < 4.78 is 106. The number of fused-ring (bicyclic) bond motifs is 1. The lowest BCUT2D eigenvalue weighted by Gasteiger charge is -2.31. The fourth-order valence-corrected chi connectivity index (χ4v) is 3.07. The summed E-state index contributed by atoms with van der Waals surface area (Å²) in [6.07, 6.45) is -12.6. The van der Waals surface area contributed by atoms with Crippen molar-refractivity contribution >= 4 is 17.5 Å². The Morgan fingerprint density at radius 3 is 1.90 bits per heavy atom. The molecule has 2 aromatic rings. The molecule has 0 saturated carbocycles. The van der Waals surface area contributed by atoms with Crippen LogP contribution in [0.2, 0.25) is 0 Å². The Bertz CT molecular complexity index is 1010. The molecule has 1 heterocycles. The van der Waals surface area contributed by atoms with Crippen LogP contribution in [-0.4, -0.2) is 24.2 Å². The van der Waals surface area contributed by atoms with Crippen LogP contribution in [0.1, 0.15) is 31.8 Å². The lowest BCUT2D eigenvalue weighted by Crippen LogP contribution is -2.50. The van der Waals surface area contributed by atoms with Crippen molar-refractivity contribution in [2.24, 2.45) is 0 Å². The SMILES string of the molecule is Cc1cc(C(F)(C(F)(F)F)C(F)(F)F)ccc1N1C(=O)c2cccc(F)c2C1=O. The Morgan fingerprint density at radius 2 is 1.41 bits per heavy atom. The lowest BCUT2D eigenvalue weighted by molar-refractivity contribution is -0.348. The lowest BCUT2D eigenvalue weighted by atomic mass is 9.92. The van der Waals surface area contributed by atoms with Gasteiger partial charge in [-0.25, -0.2) is 13.7 Å². The van der Waals surface area contributed by atoms with E-state index >= 15 is 0 Å². The van der Waals surface area contributed by atoms with Gasteiger partial charge in [0.2, 0.25) is 0 Å². The van der Waals surface area contributed by atoms with Gasteiger partial charge in [0.15, 0.2) is 0 Å². The number of nitrogens with zero attached hydrogens (tertiary/aromatic N) is 1. The van der Waals surface area contributed by atoms with Crippen LogP contribution < -0.4 is 4.90 Å². The first-order valence-corrected chi connectivity index (χ1v) is 7.82. The average Bonchev–Trinajstić information content (AvgIpc) is 2.84. The molecule has 2 amide bonds. The van der Waals surface area contributed by atoms with Gasteiger partial charge in [-0.3, -0.25) is 9.59 Å².